The summed E-state index contributed by atoms with van der Waals surface area (Å²) in [5.41, 5.74) is 6.35. The minimum absolute atomic E-state index is 0.0180. The zero-order valence-corrected chi connectivity index (χ0v) is 11.3. The first-order valence-electron chi connectivity index (χ1n) is 6.16. The number of hydrogen-bond acceptors (Lipinski definition) is 3. The fourth-order valence-electron chi connectivity index (χ4n) is 1.77. The molecule has 0 unspecified atom stereocenters. The summed E-state index contributed by atoms with van der Waals surface area (Å²) in [5, 5.41) is 9.76. The van der Waals surface area contributed by atoms with Gasteiger partial charge in [-0.25, -0.2) is 0 Å². The van der Waals surface area contributed by atoms with E-state index in [1.807, 2.05) is 19.1 Å². The summed E-state index contributed by atoms with van der Waals surface area (Å²) in [6, 6.07) is 7.28. The van der Waals surface area contributed by atoms with E-state index in [2.05, 4.69) is 0 Å². The van der Waals surface area contributed by atoms with Crippen LogP contribution >= 0.6 is 0 Å². The number of carbonyl (C=O) groups excluding carboxylic acids is 1. The van der Waals surface area contributed by atoms with E-state index >= 15 is 0 Å². The number of likely N-dealkylation sites (N-methyl/N-ethyl adjacent to an activating group) is 1. The fraction of sp³-hybridized carbons (Fsp3) is 0.500. The van der Waals surface area contributed by atoms with Gasteiger partial charge in [-0.2, -0.15) is 0 Å². The third kappa shape index (κ3) is 4.75. The van der Waals surface area contributed by atoms with E-state index in [9.17, 15) is 9.90 Å². The minimum atomic E-state index is -0.868. The summed E-state index contributed by atoms with van der Waals surface area (Å²) in [6.45, 7) is 6.25. The summed E-state index contributed by atoms with van der Waals surface area (Å²) in [5.74, 6) is 0.0180. The average Bonchev–Trinajstić information content (AvgIpc) is 2.27. The van der Waals surface area contributed by atoms with Crippen LogP contribution in [0.2, 0.25) is 0 Å². The molecule has 0 atom stereocenters. The first-order chi connectivity index (χ1) is 8.31. The van der Waals surface area contributed by atoms with E-state index in [-0.39, 0.29) is 5.91 Å². The zero-order valence-electron chi connectivity index (χ0n) is 11.3. The van der Waals surface area contributed by atoms with Crippen LogP contribution in [-0.2, 0) is 11.2 Å². The zero-order chi connectivity index (χ0) is 13.8. The Morgan fingerprint density at radius 3 is 2.33 bits per heavy atom. The maximum absolute atomic E-state index is 12.1. The molecule has 0 aliphatic rings. The van der Waals surface area contributed by atoms with Crippen LogP contribution in [0.25, 0.3) is 0 Å². The van der Waals surface area contributed by atoms with Crippen molar-refractivity contribution in [3.05, 3.63) is 29.8 Å². The van der Waals surface area contributed by atoms with E-state index in [1.165, 1.54) is 0 Å². The van der Waals surface area contributed by atoms with Crippen LogP contribution in [0.15, 0.2) is 24.3 Å². The standard InChI is InChI=1S/C14H22N2O2/c1-4-16(10-14(2,3)18)13(17)9-11-5-7-12(15)8-6-11/h5-8,18H,4,9-10,15H2,1-3H3. The molecular formula is C14H22N2O2. The summed E-state index contributed by atoms with van der Waals surface area (Å²) in [7, 11) is 0. The monoisotopic (exact) mass is 250 g/mol. The number of nitrogens with zero attached hydrogens (tertiary/aromatic N) is 1. The largest absolute Gasteiger partial charge is 0.399 e. The molecule has 0 fully saturated rings. The second-order valence-corrected chi connectivity index (χ2v) is 5.14. The van der Waals surface area contributed by atoms with Gasteiger partial charge in [-0.15, -0.1) is 0 Å². The Morgan fingerprint density at radius 1 is 1.33 bits per heavy atom. The van der Waals surface area contributed by atoms with Crippen molar-refractivity contribution in [2.75, 3.05) is 18.8 Å². The molecule has 18 heavy (non-hydrogen) atoms. The number of rotatable bonds is 5. The molecule has 0 radical (unpaired) electrons. The van der Waals surface area contributed by atoms with Gasteiger partial charge < -0.3 is 15.7 Å². The number of aliphatic hydroxyl groups is 1. The number of carbonyl (C=O) groups is 1. The Hall–Kier alpha value is -1.55. The molecule has 100 valence electrons. The third-order valence-corrected chi connectivity index (χ3v) is 2.65. The number of nitrogen functional groups attached to an aromatic ring is 1. The lowest BCUT2D eigenvalue weighted by Crippen LogP contribution is -2.42. The molecule has 0 heterocycles. The molecule has 3 N–H and O–H groups in total. The van der Waals surface area contributed by atoms with Crippen molar-refractivity contribution >= 4 is 11.6 Å². The molecule has 0 spiro atoms. The van der Waals surface area contributed by atoms with E-state index in [4.69, 9.17) is 5.73 Å². The van der Waals surface area contributed by atoms with Crippen molar-refractivity contribution in [3.63, 3.8) is 0 Å². The number of hydrogen-bond donors (Lipinski definition) is 2. The molecule has 0 aliphatic heterocycles. The smallest absolute Gasteiger partial charge is 0.227 e. The van der Waals surface area contributed by atoms with Crippen LogP contribution in [0, 0.1) is 0 Å². The second kappa shape index (κ2) is 5.87. The molecule has 4 nitrogen and oxygen atoms in total. The molecule has 1 amide bonds. The predicted octanol–water partition coefficient (Wildman–Crippen LogP) is 1.43. The molecule has 0 saturated carbocycles. The van der Waals surface area contributed by atoms with Crippen molar-refractivity contribution in [1.82, 2.24) is 4.90 Å². The normalized spacial score (nSPS) is 11.3. The third-order valence-electron chi connectivity index (χ3n) is 2.65. The van der Waals surface area contributed by atoms with Crippen LogP contribution in [0.3, 0.4) is 0 Å². The molecule has 1 aromatic rings. The van der Waals surface area contributed by atoms with E-state index < -0.39 is 5.60 Å². The first-order valence-corrected chi connectivity index (χ1v) is 6.16. The highest BCUT2D eigenvalue weighted by Gasteiger charge is 2.21. The van der Waals surface area contributed by atoms with E-state index in [0.717, 1.165) is 5.56 Å². The quantitative estimate of drug-likeness (QED) is 0.777. The molecule has 4 heteroatoms. The van der Waals surface area contributed by atoms with Crippen LogP contribution in [-0.4, -0.2) is 34.6 Å². The fourth-order valence-corrected chi connectivity index (χ4v) is 1.77. The topological polar surface area (TPSA) is 66.6 Å². The molecular weight excluding hydrogens is 228 g/mol. The van der Waals surface area contributed by atoms with Gasteiger partial charge in [0, 0.05) is 18.8 Å². The Morgan fingerprint density at radius 2 is 1.89 bits per heavy atom. The van der Waals surface area contributed by atoms with Gasteiger partial charge in [-0.1, -0.05) is 12.1 Å². The maximum atomic E-state index is 12.1. The number of benzene rings is 1. The SMILES string of the molecule is CCN(CC(C)(C)O)C(=O)Cc1ccc(N)cc1. The lowest BCUT2D eigenvalue weighted by Gasteiger charge is -2.28. The Balaban J connectivity index is 2.65. The van der Waals surface area contributed by atoms with Crippen molar-refractivity contribution in [2.45, 2.75) is 32.8 Å². The second-order valence-electron chi connectivity index (χ2n) is 5.14. The first kappa shape index (κ1) is 14.5. The van der Waals surface area contributed by atoms with Crippen LogP contribution in [0.4, 0.5) is 5.69 Å². The minimum Gasteiger partial charge on any atom is -0.399 e. The van der Waals surface area contributed by atoms with Gasteiger partial charge in [-0.05, 0) is 38.5 Å². The van der Waals surface area contributed by atoms with Gasteiger partial charge in [0.05, 0.1) is 12.0 Å². The van der Waals surface area contributed by atoms with Gasteiger partial charge in [0.1, 0.15) is 0 Å². The van der Waals surface area contributed by atoms with Crippen LogP contribution in [0.5, 0.6) is 0 Å². The Kier molecular flexibility index (Phi) is 4.73. The van der Waals surface area contributed by atoms with Crippen molar-refractivity contribution < 1.29 is 9.90 Å². The summed E-state index contributed by atoms with van der Waals surface area (Å²) >= 11 is 0. The highest BCUT2D eigenvalue weighted by Crippen LogP contribution is 2.10. The van der Waals surface area contributed by atoms with Gasteiger partial charge >= 0.3 is 0 Å². The van der Waals surface area contributed by atoms with Crippen LogP contribution in [0.1, 0.15) is 26.3 Å². The lowest BCUT2D eigenvalue weighted by molar-refractivity contribution is -0.133. The molecule has 0 aromatic heterocycles. The summed E-state index contributed by atoms with van der Waals surface area (Å²) in [4.78, 5) is 13.8. The number of anilines is 1. The average molecular weight is 250 g/mol. The van der Waals surface area contributed by atoms with Crippen LogP contribution < -0.4 is 5.73 Å². The highest BCUT2D eigenvalue weighted by molar-refractivity contribution is 5.79. The van der Waals surface area contributed by atoms with Crippen molar-refractivity contribution in [3.8, 4) is 0 Å². The van der Waals surface area contributed by atoms with E-state index in [1.54, 1.807) is 30.9 Å². The Labute approximate surface area is 108 Å². The van der Waals surface area contributed by atoms with Crippen molar-refractivity contribution in [1.29, 1.82) is 0 Å². The molecule has 1 rings (SSSR count). The molecule has 0 bridgehead atoms. The van der Waals surface area contributed by atoms with Gasteiger partial charge in [0.2, 0.25) is 5.91 Å². The van der Waals surface area contributed by atoms with Gasteiger partial charge in [-0.3, -0.25) is 4.79 Å². The Bertz CT molecular complexity index is 393. The summed E-state index contributed by atoms with van der Waals surface area (Å²) in [6.07, 6.45) is 0.337. The highest BCUT2D eigenvalue weighted by atomic mass is 16.3. The van der Waals surface area contributed by atoms with Gasteiger partial charge in [0.15, 0.2) is 0 Å². The molecule has 1 aromatic carbocycles. The van der Waals surface area contributed by atoms with Crippen molar-refractivity contribution in [2.24, 2.45) is 0 Å². The number of amides is 1. The molecule has 0 aliphatic carbocycles. The van der Waals surface area contributed by atoms with E-state index in [0.29, 0.717) is 25.2 Å². The summed E-state index contributed by atoms with van der Waals surface area (Å²) < 4.78 is 0. The number of nitrogens with two attached hydrogens (primary N) is 1. The van der Waals surface area contributed by atoms with Gasteiger partial charge in [0.25, 0.3) is 0 Å². The molecule has 0 saturated heterocycles. The predicted molar refractivity (Wildman–Crippen MR) is 73.1 cm³/mol. The maximum Gasteiger partial charge on any atom is 0.227 e. The lowest BCUT2D eigenvalue weighted by atomic mass is 10.1.